The Kier molecular flexibility index (Phi) is 3.27. The Labute approximate surface area is 99.3 Å². The van der Waals surface area contributed by atoms with Crippen molar-refractivity contribution in [1.82, 2.24) is 5.01 Å². The molecule has 1 aliphatic rings. The van der Waals surface area contributed by atoms with Gasteiger partial charge in [0, 0.05) is 6.42 Å². The van der Waals surface area contributed by atoms with Crippen LogP contribution >= 0.6 is 0 Å². The Balaban J connectivity index is 1.99. The Morgan fingerprint density at radius 2 is 2.12 bits per heavy atom. The van der Waals surface area contributed by atoms with Crippen LogP contribution in [0.3, 0.4) is 0 Å². The molecule has 1 N–H and O–H groups in total. The molecule has 2 rings (SSSR count). The van der Waals surface area contributed by atoms with E-state index in [4.69, 9.17) is 0 Å². The molecule has 1 heterocycles. The van der Waals surface area contributed by atoms with Crippen LogP contribution in [0, 0.1) is 5.92 Å². The van der Waals surface area contributed by atoms with Gasteiger partial charge in [-0.1, -0.05) is 18.2 Å². The lowest BCUT2D eigenvalue weighted by Gasteiger charge is -2.18. The van der Waals surface area contributed by atoms with Gasteiger partial charge >= 0.3 is 5.97 Å². The standard InChI is InChI=1S/C12H14N2O3/c1-17-12(16)9-7-11(15)14(8-9)13-10-5-3-2-4-6-10/h2-6,9,13H,7-8H2,1H3. The highest BCUT2D eigenvalue weighted by atomic mass is 16.5. The lowest BCUT2D eigenvalue weighted by molar-refractivity contribution is -0.145. The Morgan fingerprint density at radius 3 is 2.76 bits per heavy atom. The van der Waals surface area contributed by atoms with Gasteiger partial charge in [-0.05, 0) is 12.1 Å². The number of esters is 1. The van der Waals surface area contributed by atoms with Crippen molar-refractivity contribution in [2.24, 2.45) is 5.92 Å². The molecular weight excluding hydrogens is 220 g/mol. The predicted octanol–water partition coefficient (Wildman–Crippen LogP) is 1.03. The van der Waals surface area contributed by atoms with Gasteiger partial charge in [-0.2, -0.15) is 0 Å². The van der Waals surface area contributed by atoms with E-state index in [2.05, 4.69) is 10.2 Å². The SMILES string of the molecule is COC(=O)C1CC(=O)N(Nc2ccccc2)C1. The van der Waals surface area contributed by atoms with Gasteiger partial charge in [-0.3, -0.25) is 20.0 Å². The molecule has 1 amide bonds. The fourth-order valence-electron chi connectivity index (χ4n) is 1.81. The zero-order chi connectivity index (χ0) is 12.3. The zero-order valence-electron chi connectivity index (χ0n) is 9.55. The number of amides is 1. The van der Waals surface area contributed by atoms with Crippen molar-refractivity contribution in [3.8, 4) is 0 Å². The Bertz CT molecular complexity index is 419. The third-order valence-electron chi connectivity index (χ3n) is 2.70. The maximum absolute atomic E-state index is 11.7. The summed E-state index contributed by atoms with van der Waals surface area (Å²) in [5.74, 6) is -0.802. The predicted molar refractivity (Wildman–Crippen MR) is 61.9 cm³/mol. The second-order valence-electron chi connectivity index (χ2n) is 3.91. The van der Waals surface area contributed by atoms with E-state index in [1.165, 1.54) is 12.1 Å². The number of benzene rings is 1. The maximum Gasteiger partial charge on any atom is 0.311 e. The average molecular weight is 234 g/mol. The molecule has 90 valence electrons. The van der Waals surface area contributed by atoms with Gasteiger partial charge in [0.2, 0.25) is 5.91 Å². The number of hydrogen-bond acceptors (Lipinski definition) is 4. The van der Waals surface area contributed by atoms with Crippen LogP contribution in [-0.2, 0) is 14.3 Å². The molecular formula is C12H14N2O3. The number of ether oxygens (including phenoxy) is 1. The monoisotopic (exact) mass is 234 g/mol. The first-order valence-corrected chi connectivity index (χ1v) is 5.40. The van der Waals surface area contributed by atoms with Crippen LogP contribution < -0.4 is 5.43 Å². The second-order valence-corrected chi connectivity index (χ2v) is 3.91. The molecule has 1 saturated heterocycles. The summed E-state index contributed by atoms with van der Waals surface area (Å²) in [4.78, 5) is 23.0. The van der Waals surface area contributed by atoms with Crippen molar-refractivity contribution in [2.45, 2.75) is 6.42 Å². The van der Waals surface area contributed by atoms with Gasteiger partial charge in [-0.15, -0.1) is 0 Å². The van der Waals surface area contributed by atoms with Crippen LogP contribution in [0.1, 0.15) is 6.42 Å². The van der Waals surface area contributed by atoms with E-state index in [-0.39, 0.29) is 24.2 Å². The molecule has 1 fully saturated rings. The number of carbonyl (C=O) groups is 2. The summed E-state index contributed by atoms with van der Waals surface area (Å²) in [5.41, 5.74) is 3.80. The molecule has 0 radical (unpaired) electrons. The van der Waals surface area contributed by atoms with Crippen LogP contribution in [0.2, 0.25) is 0 Å². The third kappa shape index (κ3) is 2.55. The third-order valence-corrected chi connectivity index (χ3v) is 2.70. The minimum atomic E-state index is -0.372. The van der Waals surface area contributed by atoms with Crippen molar-refractivity contribution >= 4 is 17.6 Å². The molecule has 1 atom stereocenters. The highest BCUT2D eigenvalue weighted by Gasteiger charge is 2.35. The van der Waals surface area contributed by atoms with Gasteiger partial charge in [-0.25, -0.2) is 0 Å². The number of carbonyl (C=O) groups excluding carboxylic acids is 2. The molecule has 1 aromatic rings. The highest BCUT2D eigenvalue weighted by molar-refractivity contribution is 5.87. The van der Waals surface area contributed by atoms with Crippen LogP contribution in [0.4, 0.5) is 5.69 Å². The van der Waals surface area contributed by atoms with Crippen LogP contribution in [-0.4, -0.2) is 30.5 Å². The fraction of sp³-hybridized carbons (Fsp3) is 0.333. The molecule has 17 heavy (non-hydrogen) atoms. The number of nitrogens with zero attached hydrogens (tertiary/aromatic N) is 1. The smallest absolute Gasteiger partial charge is 0.311 e. The van der Waals surface area contributed by atoms with Gasteiger partial charge in [0.15, 0.2) is 0 Å². The zero-order valence-corrected chi connectivity index (χ0v) is 9.55. The number of methoxy groups -OCH3 is 1. The molecule has 1 aliphatic heterocycles. The number of rotatable bonds is 3. The average Bonchev–Trinajstić information content (AvgIpc) is 2.71. The summed E-state index contributed by atoms with van der Waals surface area (Å²) in [5, 5.41) is 1.46. The second kappa shape index (κ2) is 4.86. The number of anilines is 1. The summed E-state index contributed by atoms with van der Waals surface area (Å²) >= 11 is 0. The van der Waals surface area contributed by atoms with Crippen molar-refractivity contribution in [3.63, 3.8) is 0 Å². The van der Waals surface area contributed by atoms with Gasteiger partial charge in [0.05, 0.1) is 25.3 Å². The van der Waals surface area contributed by atoms with Crippen molar-refractivity contribution in [3.05, 3.63) is 30.3 Å². The van der Waals surface area contributed by atoms with E-state index in [1.54, 1.807) is 0 Å². The van der Waals surface area contributed by atoms with Crippen LogP contribution in [0.25, 0.3) is 0 Å². The number of hydrogen-bond donors (Lipinski definition) is 1. The maximum atomic E-state index is 11.7. The van der Waals surface area contributed by atoms with E-state index in [1.807, 2.05) is 30.3 Å². The van der Waals surface area contributed by atoms with E-state index >= 15 is 0 Å². The first-order valence-electron chi connectivity index (χ1n) is 5.40. The molecule has 0 aliphatic carbocycles. The molecule has 0 saturated carbocycles. The number of nitrogens with one attached hydrogen (secondary N) is 1. The largest absolute Gasteiger partial charge is 0.469 e. The Hall–Kier alpha value is -2.04. The Morgan fingerprint density at radius 1 is 1.41 bits per heavy atom. The quantitative estimate of drug-likeness (QED) is 0.794. The summed E-state index contributed by atoms with van der Waals surface area (Å²) < 4.78 is 4.64. The summed E-state index contributed by atoms with van der Waals surface area (Å²) in [7, 11) is 1.33. The summed E-state index contributed by atoms with van der Waals surface area (Å²) in [6.45, 7) is 0.348. The van der Waals surface area contributed by atoms with E-state index < -0.39 is 0 Å². The molecule has 1 unspecified atom stereocenters. The van der Waals surface area contributed by atoms with Crippen LogP contribution in [0.15, 0.2) is 30.3 Å². The number of hydrazine groups is 1. The highest BCUT2D eigenvalue weighted by Crippen LogP contribution is 2.20. The molecule has 5 nitrogen and oxygen atoms in total. The van der Waals surface area contributed by atoms with Crippen molar-refractivity contribution in [1.29, 1.82) is 0 Å². The lowest BCUT2D eigenvalue weighted by Crippen LogP contribution is -2.32. The fourth-order valence-corrected chi connectivity index (χ4v) is 1.81. The van der Waals surface area contributed by atoms with Gasteiger partial charge < -0.3 is 4.74 Å². The van der Waals surface area contributed by atoms with E-state index in [0.717, 1.165) is 5.69 Å². The van der Waals surface area contributed by atoms with Crippen molar-refractivity contribution < 1.29 is 14.3 Å². The molecule has 5 heteroatoms. The first kappa shape index (κ1) is 11.4. The first-order chi connectivity index (χ1) is 8.20. The van der Waals surface area contributed by atoms with Crippen LogP contribution in [0.5, 0.6) is 0 Å². The normalized spacial score (nSPS) is 19.2. The lowest BCUT2D eigenvalue weighted by atomic mass is 10.1. The molecule has 1 aromatic carbocycles. The summed E-state index contributed by atoms with van der Waals surface area (Å²) in [6, 6.07) is 9.37. The van der Waals surface area contributed by atoms with E-state index in [0.29, 0.717) is 6.54 Å². The minimum Gasteiger partial charge on any atom is -0.469 e. The summed E-state index contributed by atoms with van der Waals surface area (Å²) in [6.07, 6.45) is 0.201. The van der Waals surface area contributed by atoms with E-state index in [9.17, 15) is 9.59 Å². The van der Waals surface area contributed by atoms with Gasteiger partial charge in [0.1, 0.15) is 0 Å². The van der Waals surface area contributed by atoms with Gasteiger partial charge in [0.25, 0.3) is 0 Å². The molecule has 0 spiro atoms. The molecule has 0 aromatic heterocycles. The number of para-hydroxylation sites is 1. The topological polar surface area (TPSA) is 58.6 Å². The van der Waals surface area contributed by atoms with Crippen molar-refractivity contribution in [2.75, 3.05) is 19.1 Å². The molecule has 0 bridgehead atoms. The minimum absolute atomic E-state index is 0.0933.